The molecule has 482 valence electrons. The molecule has 0 unspecified atom stereocenters. The summed E-state index contributed by atoms with van der Waals surface area (Å²) >= 11 is 0. The maximum atomic E-state index is 8.13. The maximum absolute atomic E-state index is 8.13. The summed E-state index contributed by atoms with van der Waals surface area (Å²) < 4.78 is 12.6. The van der Waals surface area contributed by atoms with Gasteiger partial charge in [0.1, 0.15) is 11.5 Å². The largest absolute Gasteiger partial charge is 0.458 e. The van der Waals surface area contributed by atoms with Crippen molar-refractivity contribution in [1.82, 2.24) is 19.1 Å². The Morgan fingerprint density at radius 1 is 0.361 bits per heavy atom. The molecule has 2 aliphatic rings. The molecule has 97 heavy (non-hydrogen) atoms. The smallest absolute Gasteiger partial charge is 0.256 e. The minimum absolute atomic E-state index is 0.0350. The van der Waals surface area contributed by atoms with E-state index in [1.54, 1.807) is 0 Å². The van der Waals surface area contributed by atoms with Crippen LogP contribution < -0.4 is 26.0 Å². The van der Waals surface area contributed by atoms with Crippen molar-refractivity contribution in [2.45, 2.75) is 157 Å². The Hall–Kier alpha value is -9.97. The Bertz CT molecular complexity index is 5230. The zero-order chi connectivity index (χ0) is 68.4. The molecular formula is C89H87BN6O. The Kier molecular flexibility index (Phi) is 14.3. The van der Waals surface area contributed by atoms with Crippen molar-refractivity contribution in [3.8, 4) is 56.3 Å². The lowest BCUT2D eigenvalue weighted by molar-refractivity contribution is 0.487. The van der Waals surface area contributed by atoms with Crippen molar-refractivity contribution in [2.24, 2.45) is 0 Å². The number of aromatic nitrogens is 4. The quantitative estimate of drug-likeness (QED) is 0.123. The number of hydrogen-bond acceptors (Lipinski definition) is 4. The maximum Gasteiger partial charge on any atom is 0.256 e. The average Bonchev–Trinajstić information content (AvgIpc) is 0.748. The van der Waals surface area contributed by atoms with Crippen LogP contribution in [0.5, 0.6) is 11.5 Å². The molecule has 13 aromatic rings. The molecule has 8 heteroatoms. The van der Waals surface area contributed by atoms with Gasteiger partial charge in [0.2, 0.25) is 0 Å². The molecule has 0 saturated carbocycles. The first-order valence-electron chi connectivity index (χ1n) is 34.5. The fourth-order valence-corrected chi connectivity index (χ4v) is 14.7. The predicted molar refractivity (Wildman–Crippen MR) is 411 cm³/mol. The number of nitrogens with zero attached hydrogens (tertiary/aromatic N) is 6. The van der Waals surface area contributed by atoms with Gasteiger partial charge >= 0.3 is 0 Å². The van der Waals surface area contributed by atoms with Crippen LogP contribution in [0.15, 0.2) is 200 Å². The Balaban J connectivity index is 1.07. The van der Waals surface area contributed by atoms with E-state index in [0.717, 1.165) is 145 Å². The van der Waals surface area contributed by atoms with Crippen LogP contribution in [0, 0.1) is 6.57 Å². The molecule has 15 rings (SSSR count). The van der Waals surface area contributed by atoms with Gasteiger partial charge < -0.3 is 18.8 Å². The molecule has 0 saturated heterocycles. The normalized spacial score (nSPS) is 13.5. The minimum Gasteiger partial charge on any atom is -0.458 e. The summed E-state index contributed by atoms with van der Waals surface area (Å²) in [6, 6.07) is 74.9. The number of rotatable bonds is 6. The number of anilines is 3. The number of para-hydroxylation sites is 2. The molecular weight excluding hydrogens is 1180 g/mol. The average molecular weight is 1270 g/mol. The summed E-state index contributed by atoms with van der Waals surface area (Å²) in [6.07, 6.45) is 0. The van der Waals surface area contributed by atoms with Crippen LogP contribution in [-0.2, 0) is 32.5 Å². The first-order valence-corrected chi connectivity index (χ1v) is 34.5. The van der Waals surface area contributed by atoms with E-state index >= 15 is 0 Å². The number of hydrogen-bond donors (Lipinski definition) is 0. The van der Waals surface area contributed by atoms with Crippen LogP contribution in [0.3, 0.4) is 0 Å². The van der Waals surface area contributed by atoms with E-state index < -0.39 is 0 Å². The number of ether oxygens (including phenoxy) is 1. The highest BCUT2D eigenvalue weighted by Crippen LogP contribution is 2.52. The van der Waals surface area contributed by atoms with Crippen molar-refractivity contribution < 1.29 is 4.74 Å². The molecule has 0 radical (unpaired) electrons. The van der Waals surface area contributed by atoms with Gasteiger partial charge in [-0.3, -0.25) is 9.97 Å². The van der Waals surface area contributed by atoms with Gasteiger partial charge in [0.05, 0.1) is 34.3 Å². The third-order valence-electron chi connectivity index (χ3n) is 20.3. The van der Waals surface area contributed by atoms with Crippen molar-refractivity contribution in [1.29, 1.82) is 0 Å². The molecule has 0 bridgehead atoms. The van der Waals surface area contributed by atoms with Gasteiger partial charge in [0, 0.05) is 101 Å². The first kappa shape index (κ1) is 63.1. The highest BCUT2D eigenvalue weighted by molar-refractivity contribution is 6.99. The van der Waals surface area contributed by atoms with Gasteiger partial charge in [0.25, 0.3) is 6.71 Å². The molecule has 6 heterocycles. The summed E-state index contributed by atoms with van der Waals surface area (Å²) in [5.41, 5.74) is 25.7. The van der Waals surface area contributed by atoms with E-state index in [4.69, 9.17) is 21.3 Å². The summed E-state index contributed by atoms with van der Waals surface area (Å²) in [5.74, 6) is 1.64. The predicted octanol–water partition coefficient (Wildman–Crippen LogP) is 22.4. The summed E-state index contributed by atoms with van der Waals surface area (Å²) in [7, 11) is 0. The van der Waals surface area contributed by atoms with Gasteiger partial charge in [-0.2, -0.15) is 0 Å². The molecule has 0 aliphatic carbocycles. The lowest BCUT2D eigenvalue weighted by Crippen LogP contribution is -2.59. The monoisotopic (exact) mass is 1270 g/mol. The SMILES string of the molecule is [C-]#[N+]c1ccc2c(c1)c1ccccc1n2-c1ccc2c(c1)N(c1c(-c3cc(C(C)(C)C)nc(C(C)(C)C)c3)cccc1-c1cc(C(C)(C)C)nc(C(C)(C)C)c1)c1cc(-c3ccccc3)cc3c1B2c1ccc(-n2c4ccc(C(C)(C)C)cc4c4cc(C(C)(C)C)ccc42)cc1O3. The molecule has 7 nitrogen and oxygen atoms in total. The lowest BCUT2D eigenvalue weighted by Gasteiger charge is -2.42. The molecule has 0 amide bonds. The van der Waals surface area contributed by atoms with Crippen LogP contribution in [0.1, 0.15) is 159 Å². The van der Waals surface area contributed by atoms with Crippen LogP contribution >= 0.6 is 0 Å². The summed E-state index contributed by atoms with van der Waals surface area (Å²) in [6.45, 7) is 49.0. The van der Waals surface area contributed by atoms with Gasteiger partial charge in [-0.1, -0.05) is 222 Å². The third kappa shape index (κ3) is 10.7. The molecule has 0 N–H and O–H groups in total. The Morgan fingerprint density at radius 2 is 0.835 bits per heavy atom. The van der Waals surface area contributed by atoms with Crippen LogP contribution in [0.2, 0.25) is 0 Å². The summed E-state index contributed by atoms with van der Waals surface area (Å²) in [4.78, 5) is 17.5. The van der Waals surface area contributed by atoms with Crippen molar-refractivity contribution in [3.63, 3.8) is 0 Å². The summed E-state index contributed by atoms with van der Waals surface area (Å²) in [5, 5.41) is 4.62. The lowest BCUT2D eigenvalue weighted by atomic mass is 9.34. The minimum atomic E-state index is -0.263. The zero-order valence-corrected chi connectivity index (χ0v) is 59.7. The molecule has 0 atom stereocenters. The fourth-order valence-electron chi connectivity index (χ4n) is 14.7. The zero-order valence-electron chi connectivity index (χ0n) is 59.7. The first-order chi connectivity index (χ1) is 45.8. The van der Waals surface area contributed by atoms with Gasteiger partial charge in [-0.25, -0.2) is 4.85 Å². The van der Waals surface area contributed by atoms with Crippen LogP contribution in [0.4, 0.5) is 22.7 Å². The van der Waals surface area contributed by atoms with Gasteiger partial charge in [0.15, 0.2) is 5.69 Å². The van der Waals surface area contributed by atoms with Gasteiger partial charge in [-0.15, -0.1) is 0 Å². The van der Waals surface area contributed by atoms with Gasteiger partial charge in [-0.05, 0) is 163 Å². The molecule has 2 aliphatic heterocycles. The highest BCUT2D eigenvalue weighted by atomic mass is 16.5. The number of pyridine rings is 2. The second kappa shape index (κ2) is 22.0. The second-order valence-corrected chi connectivity index (χ2v) is 33.5. The van der Waals surface area contributed by atoms with E-state index in [1.807, 2.05) is 6.07 Å². The Labute approximate surface area is 573 Å². The number of fused-ring (bicyclic) bond motifs is 10. The highest BCUT2D eigenvalue weighted by Gasteiger charge is 2.44. The van der Waals surface area contributed by atoms with Crippen molar-refractivity contribution >= 4 is 89.5 Å². The fraction of sp³-hybridized carbons (Fsp3) is 0.270. The standard InChI is InChI=1S/C89H87BN6O/c1-84(2,3)57-32-39-71-65(48-57)66-49-58(85(4,5)6)33-40-72(66)95(71)61-36-38-69-76(52-61)97-77-43-54(53-26-21-20-22-27-53)42-75-82(77)90(69)68-37-35-60(94-70-31-24-23-28-64(70)67-50-59(91-19)34-41-73(67)94)51-74(68)96(75)83-62(55-44-78(86(7,8)9)92-79(45-55)87(10,11)12)29-25-30-63(83)56-46-80(88(13,14)15)93-81(47-56)89(16,17)18/h20-52H,1-18H3. The van der Waals surface area contributed by atoms with E-state index in [2.05, 4.69) is 338 Å². The van der Waals surface area contributed by atoms with E-state index in [-0.39, 0.29) is 39.2 Å². The third-order valence-corrected chi connectivity index (χ3v) is 20.3. The Morgan fingerprint density at radius 3 is 1.35 bits per heavy atom. The van der Waals surface area contributed by atoms with E-state index in [1.165, 1.54) is 21.9 Å². The second-order valence-electron chi connectivity index (χ2n) is 33.5. The van der Waals surface area contributed by atoms with Crippen molar-refractivity contribution in [3.05, 3.63) is 246 Å². The topological polar surface area (TPSA) is 52.5 Å². The number of benzene rings is 9. The van der Waals surface area contributed by atoms with E-state index in [9.17, 15) is 0 Å². The molecule has 9 aromatic carbocycles. The molecule has 0 fully saturated rings. The van der Waals surface area contributed by atoms with Crippen LogP contribution in [-0.4, -0.2) is 25.8 Å². The van der Waals surface area contributed by atoms with Crippen molar-refractivity contribution in [2.75, 3.05) is 4.90 Å². The van der Waals surface area contributed by atoms with E-state index in [0.29, 0.717) is 5.69 Å². The molecule has 4 aromatic heterocycles. The van der Waals surface area contributed by atoms with Crippen LogP contribution in [0.25, 0.3) is 93.2 Å². The molecule has 0 spiro atoms.